The number of aryl methyl sites for hydroxylation is 1. The topological polar surface area (TPSA) is 0 Å². The van der Waals surface area contributed by atoms with Crippen molar-refractivity contribution in [2.75, 3.05) is 0 Å². The Morgan fingerprint density at radius 1 is 0.727 bits per heavy atom. The van der Waals surface area contributed by atoms with Gasteiger partial charge in [-0.3, -0.25) is 0 Å². The van der Waals surface area contributed by atoms with Crippen molar-refractivity contribution in [1.29, 1.82) is 0 Å². The second-order valence-corrected chi connectivity index (χ2v) is 19.0. The number of fused-ring (bicyclic) bond motifs is 3. The molecule has 0 radical (unpaired) electrons. The quantitative estimate of drug-likeness (QED) is 0.609. The van der Waals surface area contributed by atoms with Crippen LogP contribution in [-0.4, -0.2) is 16.1 Å². The van der Waals surface area contributed by atoms with Gasteiger partial charge in [-0.2, -0.15) is 0 Å². The average molecular weight is 325 g/mol. The molecule has 0 aromatic heterocycles. The van der Waals surface area contributed by atoms with Gasteiger partial charge in [-0.15, -0.1) is 0 Å². The lowest BCUT2D eigenvalue weighted by Gasteiger charge is -2.49. The van der Waals surface area contributed by atoms with Crippen LogP contribution < -0.4 is 10.4 Å². The normalized spacial score (nSPS) is 20.7. The highest BCUT2D eigenvalue weighted by atomic mass is 28.4. The molecule has 0 fully saturated rings. The van der Waals surface area contributed by atoms with Crippen LogP contribution >= 0.6 is 0 Å². The lowest BCUT2D eigenvalue weighted by molar-refractivity contribution is 0.877. The minimum Gasteiger partial charge on any atom is -0.0652 e. The van der Waals surface area contributed by atoms with Crippen LogP contribution in [0.1, 0.15) is 19.4 Å². The van der Waals surface area contributed by atoms with Crippen LogP contribution in [0.4, 0.5) is 0 Å². The van der Waals surface area contributed by atoms with E-state index in [9.17, 15) is 0 Å². The molecule has 0 saturated heterocycles. The van der Waals surface area contributed by atoms with E-state index in [2.05, 4.69) is 89.4 Å². The van der Waals surface area contributed by atoms with Crippen LogP contribution in [0.3, 0.4) is 0 Å². The van der Waals surface area contributed by atoms with Gasteiger partial charge in [0.1, 0.15) is 0 Å². The molecular formula is C20H28Si2. The first kappa shape index (κ1) is 15.8. The van der Waals surface area contributed by atoms with Crippen LogP contribution in [0.25, 0.3) is 11.1 Å². The Balaban J connectivity index is 2.49. The van der Waals surface area contributed by atoms with Gasteiger partial charge in [0.2, 0.25) is 0 Å². The molecule has 0 amide bonds. The van der Waals surface area contributed by atoms with E-state index in [0.717, 1.165) is 0 Å². The molecule has 0 saturated carbocycles. The van der Waals surface area contributed by atoms with E-state index in [1.807, 2.05) is 0 Å². The first-order chi connectivity index (χ1) is 10.1. The lowest BCUT2D eigenvalue weighted by Crippen LogP contribution is -2.63. The monoisotopic (exact) mass is 324 g/mol. The Morgan fingerprint density at radius 2 is 1.27 bits per heavy atom. The maximum atomic E-state index is 2.59. The third-order valence-corrected chi connectivity index (χ3v) is 20.4. The largest absolute Gasteiger partial charge is 0.0847 e. The van der Waals surface area contributed by atoms with Crippen molar-refractivity contribution in [3.8, 4) is 11.1 Å². The van der Waals surface area contributed by atoms with Gasteiger partial charge in [-0.25, -0.2) is 0 Å². The second-order valence-electron chi connectivity index (χ2n) is 8.47. The second kappa shape index (κ2) is 4.68. The fraction of sp³-hybridized carbons (Fsp3) is 0.400. The van der Waals surface area contributed by atoms with Crippen molar-refractivity contribution in [3.05, 3.63) is 48.0 Å². The van der Waals surface area contributed by atoms with Crippen molar-refractivity contribution in [1.82, 2.24) is 0 Å². The number of hydrogen-bond donors (Lipinski definition) is 0. The summed E-state index contributed by atoms with van der Waals surface area (Å²) in [4.78, 5) is 0. The van der Waals surface area contributed by atoms with Crippen LogP contribution in [0.2, 0.25) is 30.8 Å². The average Bonchev–Trinajstić information content (AvgIpc) is 2.49. The first-order valence-corrected chi connectivity index (χ1v) is 14.3. The molecule has 2 aromatic carbocycles. The Labute approximate surface area is 137 Å². The van der Waals surface area contributed by atoms with Crippen LogP contribution in [0.15, 0.2) is 42.5 Å². The van der Waals surface area contributed by atoms with Crippen molar-refractivity contribution in [2.45, 2.75) is 51.6 Å². The molecule has 2 aromatic rings. The summed E-state index contributed by atoms with van der Waals surface area (Å²) >= 11 is 0. The molecule has 22 heavy (non-hydrogen) atoms. The lowest BCUT2D eigenvalue weighted by atomic mass is 10.0. The highest BCUT2D eigenvalue weighted by Crippen LogP contribution is 2.48. The van der Waals surface area contributed by atoms with Crippen molar-refractivity contribution in [3.63, 3.8) is 0 Å². The molecule has 1 heterocycles. The molecule has 0 bridgehead atoms. The number of hydrogen-bond acceptors (Lipinski definition) is 0. The molecular weight excluding hydrogens is 296 g/mol. The van der Waals surface area contributed by atoms with Gasteiger partial charge in [0.05, 0.1) is 16.1 Å². The Bertz CT molecular complexity index is 739. The van der Waals surface area contributed by atoms with E-state index in [4.69, 9.17) is 0 Å². The summed E-state index contributed by atoms with van der Waals surface area (Å²) in [6.45, 7) is 17.7. The van der Waals surface area contributed by atoms with Crippen molar-refractivity contribution < 1.29 is 0 Å². The predicted molar refractivity (Wildman–Crippen MR) is 105 cm³/mol. The van der Waals surface area contributed by atoms with E-state index in [0.29, 0.717) is 4.66 Å². The summed E-state index contributed by atoms with van der Waals surface area (Å²) in [6.07, 6.45) is 0. The highest BCUT2D eigenvalue weighted by Gasteiger charge is 2.55. The van der Waals surface area contributed by atoms with Crippen molar-refractivity contribution in [2.24, 2.45) is 0 Å². The van der Waals surface area contributed by atoms with Crippen molar-refractivity contribution >= 4 is 26.5 Å². The van der Waals surface area contributed by atoms with E-state index < -0.39 is 16.1 Å². The molecule has 0 N–H and O–H groups in total. The zero-order valence-electron chi connectivity index (χ0n) is 15.0. The predicted octanol–water partition coefficient (Wildman–Crippen LogP) is 4.83. The maximum Gasteiger partial charge on any atom is 0.0847 e. The van der Waals surface area contributed by atoms with Gasteiger partial charge in [0, 0.05) is 0 Å². The molecule has 0 unspecified atom stereocenters. The van der Waals surface area contributed by atoms with Gasteiger partial charge in [0.15, 0.2) is 0 Å². The summed E-state index contributed by atoms with van der Waals surface area (Å²) in [5.74, 6) is 0. The SMILES string of the molecule is Cc1ccc2c(c1)[Si](C)(C)C(C)(C)[Si](C)(C)c1ccccc1-2. The highest BCUT2D eigenvalue weighted by molar-refractivity contribution is 7.11. The Hall–Kier alpha value is -1.13. The summed E-state index contributed by atoms with van der Waals surface area (Å²) in [7, 11) is -3.17. The third kappa shape index (κ3) is 1.86. The molecule has 2 heteroatoms. The number of rotatable bonds is 0. The van der Waals surface area contributed by atoms with E-state index in [-0.39, 0.29) is 0 Å². The van der Waals surface area contributed by atoms with Crippen LogP contribution in [0.5, 0.6) is 0 Å². The fourth-order valence-corrected chi connectivity index (χ4v) is 15.4. The first-order valence-electron chi connectivity index (χ1n) is 8.32. The van der Waals surface area contributed by atoms with Gasteiger partial charge in [-0.1, -0.05) is 98.4 Å². The van der Waals surface area contributed by atoms with E-state index in [1.165, 1.54) is 16.7 Å². The minimum absolute atomic E-state index is 0.412. The smallest absolute Gasteiger partial charge is 0.0652 e. The fourth-order valence-electron chi connectivity index (χ4n) is 4.13. The van der Waals surface area contributed by atoms with Gasteiger partial charge in [0.25, 0.3) is 0 Å². The third-order valence-electron chi connectivity index (χ3n) is 6.86. The maximum absolute atomic E-state index is 2.59. The van der Waals surface area contributed by atoms with Crippen LogP contribution in [-0.2, 0) is 0 Å². The van der Waals surface area contributed by atoms with Gasteiger partial charge in [-0.05, 0) is 22.7 Å². The number of benzene rings is 2. The molecule has 0 atom stereocenters. The molecule has 1 aliphatic heterocycles. The summed E-state index contributed by atoms with van der Waals surface area (Å²) < 4.78 is 0.412. The Morgan fingerprint density at radius 3 is 1.95 bits per heavy atom. The molecule has 116 valence electrons. The van der Waals surface area contributed by atoms with Gasteiger partial charge >= 0.3 is 0 Å². The van der Waals surface area contributed by atoms with E-state index in [1.54, 1.807) is 10.4 Å². The van der Waals surface area contributed by atoms with Crippen LogP contribution in [0, 0.1) is 6.92 Å². The zero-order valence-corrected chi connectivity index (χ0v) is 17.0. The van der Waals surface area contributed by atoms with Gasteiger partial charge < -0.3 is 0 Å². The molecule has 1 aliphatic rings. The molecule has 0 nitrogen and oxygen atoms in total. The summed E-state index contributed by atoms with van der Waals surface area (Å²) in [5.41, 5.74) is 4.40. The molecule has 3 rings (SSSR count). The molecule has 0 spiro atoms. The standard InChI is InChI=1S/C20H28Si2/c1-15-12-13-17-16-10-8-9-11-18(16)21(4,5)20(2,3)22(6,7)19(17)14-15/h8-14H,1-7H3. The van der Waals surface area contributed by atoms with E-state index >= 15 is 0 Å². The summed E-state index contributed by atoms with van der Waals surface area (Å²) in [6, 6.07) is 16.3. The molecule has 0 aliphatic carbocycles. The summed E-state index contributed by atoms with van der Waals surface area (Å²) in [5, 5.41) is 3.30. The Kier molecular flexibility index (Phi) is 3.36. The zero-order chi connectivity index (χ0) is 16.3. The minimum atomic E-state index is -1.59.